The standard InChI is InChI=1S/C13H21N3O/c1-10-4-7-16(9-13(10)17)12(8-14)11-2-5-15-6-3-11/h2-3,5-6,10,12-13,17H,4,7-9,14H2,1H3. The van der Waals surface area contributed by atoms with Gasteiger partial charge < -0.3 is 10.8 Å². The zero-order chi connectivity index (χ0) is 12.3. The molecule has 1 aliphatic rings. The van der Waals surface area contributed by atoms with Gasteiger partial charge in [0.05, 0.1) is 6.10 Å². The maximum Gasteiger partial charge on any atom is 0.0693 e. The number of likely N-dealkylation sites (tertiary alicyclic amines) is 1. The Hall–Kier alpha value is -0.970. The number of hydrogen-bond donors (Lipinski definition) is 2. The molecule has 3 atom stereocenters. The van der Waals surface area contributed by atoms with E-state index in [4.69, 9.17) is 5.73 Å². The molecule has 17 heavy (non-hydrogen) atoms. The van der Waals surface area contributed by atoms with Crippen molar-refractivity contribution in [2.24, 2.45) is 11.7 Å². The van der Waals surface area contributed by atoms with Crippen LogP contribution in [0.5, 0.6) is 0 Å². The van der Waals surface area contributed by atoms with Crippen molar-refractivity contribution in [3.05, 3.63) is 30.1 Å². The van der Waals surface area contributed by atoms with E-state index in [0.717, 1.165) is 13.0 Å². The molecule has 0 aliphatic carbocycles. The zero-order valence-corrected chi connectivity index (χ0v) is 10.3. The van der Waals surface area contributed by atoms with Crippen LogP contribution in [-0.4, -0.2) is 40.7 Å². The molecule has 3 N–H and O–H groups in total. The summed E-state index contributed by atoms with van der Waals surface area (Å²) in [6.07, 6.45) is 4.38. The van der Waals surface area contributed by atoms with E-state index >= 15 is 0 Å². The first kappa shape index (κ1) is 12.5. The van der Waals surface area contributed by atoms with Crippen LogP contribution >= 0.6 is 0 Å². The summed E-state index contributed by atoms with van der Waals surface area (Å²) in [6, 6.07) is 4.20. The number of rotatable bonds is 3. The summed E-state index contributed by atoms with van der Waals surface area (Å²) >= 11 is 0. The highest BCUT2D eigenvalue weighted by Gasteiger charge is 2.28. The van der Waals surface area contributed by atoms with Crippen molar-refractivity contribution in [3.8, 4) is 0 Å². The highest BCUT2D eigenvalue weighted by Crippen LogP contribution is 2.25. The van der Waals surface area contributed by atoms with E-state index in [9.17, 15) is 5.11 Å². The largest absolute Gasteiger partial charge is 0.392 e. The van der Waals surface area contributed by atoms with Crippen molar-refractivity contribution in [3.63, 3.8) is 0 Å². The molecule has 1 aromatic rings. The van der Waals surface area contributed by atoms with Gasteiger partial charge in [0.1, 0.15) is 0 Å². The molecule has 4 nitrogen and oxygen atoms in total. The van der Waals surface area contributed by atoms with Crippen molar-refractivity contribution >= 4 is 0 Å². The molecule has 0 saturated carbocycles. The lowest BCUT2D eigenvalue weighted by molar-refractivity contribution is 0.0111. The molecule has 0 spiro atoms. The molecule has 1 aliphatic heterocycles. The lowest BCUT2D eigenvalue weighted by Crippen LogP contribution is -2.46. The van der Waals surface area contributed by atoms with Crippen LogP contribution in [0.4, 0.5) is 0 Å². The molecule has 3 unspecified atom stereocenters. The van der Waals surface area contributed by atoms with Crippen LogP contribution in [0.2, 0.25) is 0 Å². The smallest absolute Gasteiger partial charge is 0.0693 e. The van der Waals surface area contributed by atoms with Crippen LogP contribution in [0.1, 0.15) is 24.9 Å². The summed E-state index contributed by atoms with van der Waals surface area (Å²) < 4.78 is 0. The highest BCUT2D eigenvalue weighted by molar-refractivity contribution is 5.16. The Balaban J connectivity index is 2.09. The maximum atomic E-state index is 9.94. The van der Waals surface area contributed by atoms with E-state index in [1.165, 1.54) is 5.56 Å². The number of aliphatic hydroxyl groups excluding tert-OH is 1. The molecule has 0 aromatic carbocycles. The van der Waals surface area contributed by atoms with Crippen molar-refractivity contribution in [2.75, 3.05) is 19.6 Å². The normalized spacial score (nSPS) is 27.9. The molecule has 4 heteroatoms. The SMILES string of the molecule is CC1CCN(C(CN)c2ccncc2)CC1O. The zero-order valence-electron chi connectivity index (χ0n) is 10.3. The number of piperidine rings is 1. The molecule has 1 fully saturated rings. The predicted octanol–water partition coefficient (Wildman–Crippen LogP) is 0.784. The summed E-state index contributed by atoms with van der Waals surface area (Å²) in [4.78, 5) is 6.30. The fraction of sp³-hybridized carbons (Fsp3) is 0.615. The Bertz CT molecular complexity index is 344. The second-order valence-electron chi connectivity index (χ2n) is 4.86. The second-order valence-corrected chi connectivity index (χ2v) is 4.86. The van der Waals surface area contributed by atoms with Gasteiger partial charge in [-0.05, 0) is 36.6 Å². The Morgan fingerprint density at radius 2 is 2.24 bits per heavy atom. The first-order valence-corrected chi connectivity index (χ1v) is 6.24. The molecule has 2 heterocycles. The van der Waals surface area contributed by atoms with E-state index in [2.05, 4.69) is 16.8 Å². The van der Waals surface area contributed by atoms with Crippen LogP contribution in [0.3, 0.4) is 0 Å². The van der Waals surface area contributed by atoms with Gasteiger partial charge in [0.25, 0.3) is 0 Å². The number of nitrogens with two attached hydrogens (primary N) is 1. The fourth-order valence-electron chi connectivity index (χ4n) is 2.44. The van der Waals surface area contributed by atoms with E-state index in [1.54, 1.807) is 12.4 Å². The number of aromatic nitrogens is 1. The maximum absolute atomic E-state index is 9.94. The molecule has 0 amide bonds. The van der Waals surface area contributed by atoms with E-state index in [-0.39, 0.29) is 12.1 Å². The molecule has 2 rings (SSSR count). The van der Waals surface area contributed by atoms with E-state index in [1.807, 2.05) is 12.1 Å². The first-order chi connectivity index (χ1) is 8.22. The third-order valence-electron chi connectivity index (χ3n) is 3.70. The average molecular weight is 235 g/mol. The molecule has 94 valence electrons. The quantitative estimate of drug-likeness (QED) is 0.813. The molecule has 1 aromatic heterocycles. The second kappa shape index (κ2) is 5.58. The predicted molar refractivity (Wildman–Crippen MR) is 67.4 cm³/mol. The summed E-state index contributed by atoms with van der Waals surface area (Å²) in [5.74, 6) is 0.391. The minimum atomic E-state index is -0.236. The summed E-state index contributed by atoms with van der Waals surface area (Å²) in [5, 5.41) is 9.94. The molecule has 0 radical (unpaired) electrons. The van der Waals surface area contributed by atoms with E-state index in [0.29, 0.717) is 19.0 Å². The van der Waals surface area contributed by atoms with Crippen LogP contribution < -0.4 is 5.73 Å². The Kier molecular flexibility index (Phi) is 4.10. The third kappa shape index (κ3) is 2.83. The monoisotopic (exact) mass is 235 g/mol. The average Bonchev–Trinajstić information content (AvgIpc) is 2.36. The first-order valence-electron chi connectivity index (χ1n) is 6.24. The van der Waals surface area contributed by atoms with E-state index < -0.39 is 0 Å². The highest BCUT2D eigenvalue weighted by atomic mass is 16.3. The van der Waals surface area contributed by atoms with Gasteiger partial charge in [0.15, 0.2) is 0 Å². The van der Waals surface area contributed by atoms with Gasteiger partial charge in [-0.25, -0.2) is 0 Å². The summed E-state index contributed by atoms with van der Waals surface area (Å²) in [5.41, 5.74) is 7.06. The van der Waals surface area contributed by atoms with Crippen molar-refractivity contribution in [1.29, 1.82) is 0 Å². The molecular formula is C13H21N3O. The van der Waals surface area contributed by atoms with Gasteiger partial charge in [-0.2, -0.15) is 0 Å². The minimum Gasteiger partial charge on any atom is -0.392 e. The van der Waals surface area contributed by atoms with Crippen LogP contribution in [0.25, 0.3) is 0 Å². The van der Waals surface area contributed by atoms with Gasteiger partial charge >= 0.3 is 0 Å². The Labute approximate surface area is 102 Å². The lowest BCUT2D eigenvalue weighted by atomic mass is 9.93. The van der Waals surface area contributed by atoms with Crippen molar-refractivity contribution in [1.82, 2.24) is 9.88 Å². The summed E-state index contributed by atoms with van der Waals surface area (Å²) in [6.45, 7) is 4.39. The topological polar surface area (TPSA) is 62.4 Å². The van der Waals surface area contributed by atoms with Crippen LogP contribution in [0, 0.1) is 5.92 Å². The number of aliphatic hydroxyl groups is 1. The van der Waals surface area contributed by atoms with Gasteiger partial charge in [-0.15, -0.1) is 0 Å². The van der Waals surface area contributed by atoms with Gasteiger partial charge in [-0.3, -0.25) is 9.88 Å². The number of hydrogen-bond acceptors (Lipinski definition) is 4. The van der Waals surface area contributed by atoms with Crippen LogP contribution in [-0.2, 0) is 0 Å². The van der Waals surface area contributed by atoms with Gasteiger partial charge in [-0.1, -0.05) is 6.92 Å². The number of β-amino-alcohol motifs (C(OH)–C–C–N with tert-alkyl or cyclic N) is 1. The van der Waals surface area contributed by atoms with Crippen molar-refractivity contribution < 1.29 is 5.11 Å². The number of nitrogens with zero attached hydrogens (tertiary/aromatic N) is 2. The third-order valence-corrected chi connectivity index (χ3v) is 3.70. The molecule has 1 saturated heterocycles. The number of pyridine rings is 1. The Morgan fingerprint density at radius 3 is 2.82 bits per heavy atom. The van der Waals surface area contributed by atoms with Crippen LogP contribution in [0.15, 0.2) is 24.5 Å². The molecule has 0 bridgehead atoms. The van der Waals surface area contributed by atoms with Crippen molar-refractivity contribution in [2.45, 2.75) is 25.5 Å². The fourth-order valence-corrected chi connectivity index (χ4v) is 2.44. The summed E-state index contributed by atoms with van der Waals surface area (Å²) in [7, 11) is 0. The molecular weight excluding hydrogens is 214 g/mol. The van der Waals surface area contributed by atoms with Gasteiger partial charge in [0.2, 0.25) is 0 Å². The van der Waals surface area contributed by atoms with Gasteiger partial charge in [0, 0.05) is 31.5 Å². The minimum absolute atomic E-state index is 0.195. The lowest BCUT2D eigenvalue weighted by Gasteiger charge is -2.39. The Morgan fingerprint density at radius 1 is 1.53 bits per heavy atom.